The summed E-state index contributed by atoms with van der Waals surface area (Å²) < 4.78 is 19.6. The Morgan fingerprint density at radius 3 is 2.73 bits per heavy atom. The summed E-state index contributed by atoms with van der Waals surface area (Å²) in [5.74, 6) is 0.159. The van der Waals surface area contributed by atoms with E-state index in [0.29, 0.717) is 34.1 Å². The number of rotatable bonds is 3. The summed E-state index contributed by atoms with van der Waals surface area (Å²) >= 11 is 6.05. The lowest BCUT2D eigenvalue weighted by Crippen LogP contribution is -2.30. The Bertz CT molecular complexity index is 1250. The predicted molar refractivity (Wildman–Crippen MR) is 114 cm³/mol. The molecular formula is C24H18ClFN2O2. The molecule has 1 amide bonds. The summed E-state index contributed by atoms with van der Waals surface area (Å²) in [7, 11) is 0. The smallest absolute Gasteiger partial charge is 0.254 e. The molecule has 0 N–H and O–H groups in total. The zero-order valence-corrected chi connectivity index (χ0v) is 16.8. The Balaban J connectivity index is 1.47. The van der Waals surface area contributed by atoms with Crippen molar-refractivity contribution >= 4 is 28.6 Å². The van der Waals surface area contributed by atoms with Crippen LogP contribution in [0.5, 0.6) is 0 Å². The average molecular weight is 421 g/mol. The molecule has 2 heterocycles. The van der Waals surface area contributed by atoms with E-state index in [2.05, 4.69) is 4.98 Å². The molecule has 4 aromatic rings. The molecule has 0 aliphatic carbocycles. The molecule has 1 aliphatic rings. The van der Waals surface area contributed by atoms with E-state index in [-0.39, 0.29) is 17.8 Å². The summed E-state index contributed by atoms with van der Waals surface area (Å²) in [5, 5.41) is 0.531. The minimum absolute atomic E-state index is 0.0808. The summed E-state index contributed by atoms with van der Waals surface area (Å²) in [6.45, 7) is 0.642. The maximum atomic E-state index is 13.6. The van der Waals surface area contributed by atoms with Gasteiger partial charge in [-0.1, -0.05) is 35.9 Å². The maximum Gasteiger partial charge on any atom is 0.254 e. The lowest BCUT2D eigenvalue weighted by Gasteiger charge is -2.22. The summed E-state index contributed by atoms with van der Waals surface area (Å²) in [4.78, 5) is 19.5. The number of amides is 1. The van der Waals surface area contributed by atoms with Crippen LogP contribution in [0, 0.1) is 5.82 Å². The Kier molecular flexibility index (Phi) is 4.75. The molecule has 5 rings (SSSR count). The molecule has 1 aliphatic heterocycles. The van der Waals surface area contributed by atoms with Gasteiger partial charge in [0.1, 0.15) is 17.4 Å². The maximum absolute atomic E-state index is 13.6. The topological polar surface area (TPSA) is 46.3 Å². The molecule has 30 heavy (non-hydrogen) atoms. The van der Waals surface area contributed by atoms with Gasteiger partial charge >= 0.3 is 0 Å². The molecule has 0 saturated carbocycles. The SMILES string of the molecule is O=C(c1cccc(Cl)c1)N1CCC[C@H]1c1nc2cc(-c3cccc(F)c3)ccc2o1. The van der Waals surface area contributed by atoms with Crippen LogP contribution in [0.25, 0.3) is 22.2 Å². The normalized spacial score (nSPS) is 16.3. The number of hydrogen-bond acceptors (Lipinski definition) is 3. The number of fused-ring (bicyclic) bond motifs is 1. The van der Waals surface area contributed by atoms with Crippen LogP contribution in [0.2, 0.25) is 5.02 Å². The van der Waals surface area contributed by atoms with Crippen LogP contribution in [-0.4, -0.2) is 22.3 Å². The molecule has 1 fully saturated rings. The van der Waals surface area contributed by atoms with Crippen LogP contribution >= 0.6 is 11.6 Å². The van der Waals surface area contributed by atoms with Crippen LogP contribution < -0.4 is 0 Å². The van der Waals surface area contributed by atoms with Crippen molar-refractivity contribution in [1.82, 2.24) is 9.88 Å². The van der Waals surface area contributed by atoms with Crippen LogP contribution in [0.1, 0.15) is 35.1 Å². The van der Waals surface area contributed by atoms with Crippen LogP contribution in [0.4, 0.5) is 4.39 Å². The predicted octanol–water partition coefficient (Wildman–Crippen LogP) is 6.26. The summed E-state index contributed by atoms with van der Waals surface area (Å²) in [6, 6.07) is 18.8. The van der Waals surface area contributed by atoms with Crippen LogP contribution in [0.15, 0.2) is 71.1 Å². The number of likely N-dealkylation sites (tertiary alicyclic amines) is 1. The average Bonchev–Trinajstić information content (AvgIpc) is 3.39. The molecule has 0 radical (unpaired) electrons. The number of hydrogen-bond donors (Lipinski definition) is 0. The van der Waals surface area contributed by atoms with Gasteiger partial charge in [0.15, 0.2) is 5.58 Å². The van der Waals surface area contributed by atoms with Crippen LogP contribution in [0.3, 0.4) is 0 Å². The zero-order valence-electron chi connectivity index (χ0n) is 16.0. The number of nitrogens with zero attached hydrogens (tertiary/aromatic N) is 2. The molecule has 4 nitrogen and oxygen atoms in total. The minimum Gasteiger partial charge on any atom is -0.438 e. The highest BCUT2D eigenvalue weighted by atomic mass is 35.5. The summed E-state index contributed by atoms with van der Waals surface area (Å²) in [6.07, 6.45) is 1.67. The van der Waals surface area contributed by atoms with Gasteiger partial charge in [0.25, 0.3) is 5.91 Å². The number of aromatic nitrogens is 1. The highest BCUT2D eigenvalue weighted by Gasteiger charge is 2.34. The van der Waals surface area contributed by atoms with E-state index in [1.165, 1.54) is 12.1 Å². The monoisotopic (exact) mass is 420 g/mol. The molecule has 1 atom stereocenters. The van der Waals surface area contributed by atoms with Crippen molar-refractivity contribution in [3.8, 4) is 11.1 Å². The number of oxazole rings is 1. The van der Waals surface area contributed by atoms with Gasteiger partial charge in [0.05, 0.1) is 0 Å². The fourth-order valence-electron chi connectivity index (χ4n) is 3.99. The van der Waals surface area contributed by atoms with Crippen molar-refractivity contribution in [1.29, 1.82) is 0 Å². The molecule has 1 saturated heterocycles. The number of benzene rings is 3. The summed E-state index contributed by atoms with van der Waals surface area (Å²) in [5.41, 5.74) is 3.53. The van der Waals surface area contributed by atoms with E-state index in [9.17, 15) is 9.18 Å². The Morgan fingerprint density at radius 2 is 1.90 bits per heavy atom. The first-order chi connectivity index (χ1) is 14.6. The highest BCUT2D eigenvalue weighted by Crippen LogP contribution is 2.35. The molecule has 1 aromatic heterocycles. The third-order valence-electron chi connectivity index (χ3n) is 5.43. The van der Waals surface area contributed by atoms with Gasteiger partial charge in [-0.3, -0.25) is 4.79 Å². The third-order valence-corrected chi connectivity index (χ3v) is 5.67. The van der Waals surface area contributed by atoms with Crippen molar-refractivity contribution in [2.75, 3.05) is 6.54 Å². The molecule has 6 heteroatoms. The molecule has 0 unspecified atom stereocenters. The molecule has 0 spiro atoms. The number of carbonyl (C=O) groups excluding carboxylic acids is 1. The second-order valence-corrected chi connectivity index (χ2v) is 7.85. The van der Waals surface area contributed by atoms with E-state index in [0.717, 1.165) is 24.0 Å². The van der Waals surface area contributed by atoms with Gasteiger partial charge in [-0.2, -0.15) is 0 Å². The fraction of sp³-hybridized carbons (Fsp3) is 0.167. The zero-order chi connectivity index (χ0) is 20.7. The van der Waals surface area contributed by atoms with E-state index in [1.54, 1.807) is 35.2 Å². The van der Waals surface area contributed by atoms with E-state index < -0.39 is 0 Å². The minimum atomic E-state index is -0.283. The Hall–Kier alpha value is -3.18. The third kappa shape index (κ3) is 3.46. The van der Waals surface area contributed by atoms with E-state index in [1.807, 2.05) is 24.3 Å². The van der Waals surface area contributed by atoms with Gasteiger partial charge in [0.2, 0.25) is 5.89 Å². The lowest BCUT2D eigenvalue weighted by atomic mass is 10.1. The van der Waals surface area contributed by atoms with E-state index in [4.69, 9.17) is 16.0 Å². The van der Waals surface area contributed by atoms with Gasteiger partial charge in [-0.05, 0) is 66.4 Å². The van der Waals surface area contributed by atoms with Crippen molar-refractivity contribution < 1.29 is 13.6 Å². The van der Waals surface area contributed by atoms with Crippen molar-refractivity contribution in [2.24, 2.45) is 0 Å². The Labute approximate surface area is 177 Å². The fourth-order valence-corrected chi connectivity index (χ4v) is 4.18. The van der Waals surface area contributed by atoms with Gasteiger partial charge in [-0.25, -0.2) is 9.37 Å². The van der Waals surface area contributed by atoms with E-state index >= 15 is 0 Å². The second-order valence-electron chi connectivity index (χ2n) is 7.41. The molecule has 3 aromatic carbocycles. The van der Waals surface area contributed by atoms with Crippen molar-refractivity contribution in [3.05, 3.63) is 89.0 Å². The highest BCUT2D eigenvalue weighted by molar-refractivity contribution is 6.30. The van der Waals surface area contributed by atoms with Gasteiger partial charge < -0.3 is 9.32 Å². The molecular weight excluding hydrogens is 403 g/mol. The second kappa shape index (κ2) is 7.58. The van der Waals surface area contributed by atoms with Gasteiger partial charge in [-0.15, -0.1) is 0 Å². The first-order valence-corrected chi connectivity index (χ1v) is 10.2. The first kappa shape index (κ1) is 18.8. The molecule has 0 bridgehead atoms. The van der Waals surface area contributed by atoms with Crippen molar-refractivity contribution in [2.45, 2.75) is 18.9 Å². The largest absolute Gasteiger partial charge is 0.438 e. The van der Waals surface area contributed by atoms with Gasteiger partial charge in [0, 0.05) is 17.1 Å². The first-order valence-electron chi connectivity index (χ1n) is 9.81. The van der Waals surface area contributed by atoms with Crippen LogP contribution in [-0.2, 0) is 0 Å². The molecule has 150 valence electrons. The Morgan fingerprint density at radius 1 is 1.07 bits per heavy atom. The quantitative estimate of drug-likeness (QED) is 0.392. The van der Waals surface area contributed by atoms with Crippen molar-refractivity contribution in [3.63, 3.8) is 0 Å². The number of halogens is 2. The number of carbonyl (C=O) groups is 1. The lowest BCUT2D eigenvalue weighted by molar-refractivity contribution is 0.0717. The standard InChI is InChI=1S/C24H18ClFN2O2/c25-18-6-1-5-17(12-18)24(29)28-11-3-8-21(28)23-27-20-14-16(9-10-22(20)30-23)15-4-2-7-19(26)13-15/h1-2,4-7,9-10,12-14,21H,3,8,11H2/t21-/m0/s1.